The van der Waals surface area contributed by atoms with E-state index in [1.54, 1.807) is 0 Å². The Morgan fingerprint density at radius 1 is 0.375 bits per heavy atom. The van der Waals surface area contributed by atoms with Crippen LogP contribution < -0.4 is 0 Å². The summed E-state index contributed by atoms with van der Waals surface area (Å²) in [5.41, 5.74) is 3.90. The summed E-state index contributed by atoms with van der Waals surface area (Å²) in [7, 11) is 0. The zero-order chi connectivity index (χ0) is 27.8. The molecule has 0 radical (unpaired) electrons. The monoisotopic (exact) mass is 542 g/mol. The maximum atomic E-state index is 10.5. The molecule has 2 N–H and O–H groups in total. The molecule has 6 heteroatoms. The van der Waals surface area contributed by atoms with Crippen LogP contribution in [0.2, 0.25) is 0 Å². The van der Waals surface area contributed by atoms with Gasteiger partial charge in [-0.1, -0.05) is 121 Å². The van der Waals surface area contributed by atoms with Gasteiger partial charge in [-0.3, -0.25) is 0 Å². The van der Waals surface area contributed by atoms with E-state index in [1.165, 1.54) is 0 Å². The second-order valence-electron chi connectivity index (χ2n) is 9.56. The van der Waals surface area contributed by atoms with Crippen LogP contribution in [0, 0.1) is 0 Å². The van der Waals surface area contributed by atoms with Gasteiger partial charge in [0, 0.05) is 0 Å². The SMILES string of the molecule is OC[C@@H](OCc1ccccc1)[C@H](OCc1ccccc1)[C@@H](OCc1ccccc1)[C@@H](CO)OCc1ccccc1. The lowest BCUT2D eigenvalue weighted by atomic mass is 10.0. The molecule has 0 heterocycles. The molecule has 0 bridgehead atoms. The van der Waals surface area contributed by atoms with Crippen molar-refractivity contribution in [2.75, 3.05) is 13.2 Å². The second kappa shape index (κ2) is 16.7. The van der Waals surface area contributed by atoms with Gasteiger partial charge in [0.15, 0.2) is 0 Å². The minimum Gasteiger partial charge on any atom is -0.394 e. The van der Waals surface area contributed by atoms with E-state index >= 15 is 0 Å². The van der Waals surface area contributed by atoms with E-state index in [4.69, 9.17) is 18.9 Å². The van der Waals surface area contributed by atoms with Gasteiger partial charge < -0.3 is 29.2 Å². The predicted molar refractivity (Wildman–Crippen MR) is 154 cm³/mol. The van der Waals surface area contributed by atoms with Crippen LogP contribution in [-0.4, -0.2) is 47.8 Å². The molecule has 0 unspecified atom stereocenters. The molecule has 4 aromatic rings. The van der Waals surface area contributed by atoms with Gasteiger partial charge in [-0.05, 0) is 22.3 Å². The maximum absolute atomic E-state index is 10.5. The normalized spacial score (nSPS) is 14.3. The van der Waals surface area contributed by atoms with Crippen LogP contribution in [0.25, 0.3) is 0 Å². The molecule has 210 valence electrons. The van der Waals surface area contributed by atoms with Gasteiger partial charge in [0.05, 0.1) is 39.6 Å². The average Bonchev–Trinajstić information content (AvgIpc) is 3.02. The van der Waals surface area contributed by atoms with Crippen molar-refractivity contribution in [2.24, 2.45) is 0 Å². The number of aliphatic hydroxyl groups is 2. The number of aliphatic hydroxyl groups excluding tert-OH is 2. The lowest BCUT2D eigenvalue weighted by Gasteiger charge is -2.36. The standard InChI is InChI=1S/C34H38O6/c35-21-31(37-23-27-13-5-1-6-14-27)33(39-25-29-17-9-3-10-18-29)34(40-26-30-19-11-4-12-20-30)32(22-36)38-24-28-15-7-2-8-16-28/h1-20,31-36H,21-26H2/t31-,32-,33+,34+/m1/s1. The fraction of sp³-hybridized carbons (Fsp3) is 0.294. The van der Waals surface area contributed by atoms with E-state index in [0.717, 1.165) is 22.3 Å². The second-order valence-corrected chi connectivity index (χ2v) is 9.56. The van der Waals surface area contributed by atoms with Crippen LogP contribution in [-0.2, 0) is 45.4 Å². The Morgan fingerprint density at radius 3 is 0.875 bits per heavy atom. The Bertz CT molecular complexity index is 1090. The first kappa shape index (κ1) is 29.6. The molecule has 0 aliphatic rings. The first-order chi connectivity index (χ1) is 19.8. The molecule has 0 spiro atoms. The van der Waals surface area contributed by atoms with Gasteiger partial charge in [-0.15, -0.1) is 0 Å². The molecule has 0 aliphatic carbocycles. The van der Waals surface area contributed by atoms with Gasteiger partial charge in [-0.25, -0.2) is 0 Å². The van der Waals surface area contributed by atoms with E-state index in [1.807, 2.05) is 121 Å². The van der Waals surface area contributed by atoms with Crippen molar-refractivity contribution in [2.45, 2.75) is 50.8 Å². The summed E-state index contributed by atoms with van der Waals surface area (Å²) in [4.78, 5) is 0. The quantitative estimate of drug-likeness (QED) is 0.188. The first-order valence-electron chi connectivity index (χ1n) is 13.6. The van der Waals surface area contributed by atoms with Crippen molar-refractivity contribution in [3.05, 3.63) is 144 Å². The van der Waals surface area contributed by atoms with Gasteiger partial charge in [0.1, 0.15) is 24.4 Å². The Kier molecular flexibility index (Phi) is 12.3. The van der Waals surface area contributed by atoms with Crippen molar-refractivity contribution in [3.8, 4) is 0 Å². The van der Waals surface area contributed by atoms with E-state index in [-0.39, 0.29) is 39.6 Å². The molecule has 0 amide bonds. The zero-order valence-corrected chi connectivity index (χ0v) is 22.6. The number of benzene rings is 4. The molecule has 4 aromatic carbocycles. The third kappa shape index (κ3) is 9.38. The third-order valence-electron chi connectivity index (χ3n) is 6.60. The molecule has 0 aliphatic heterocycles. The Balaban J connectivity index is 1.59. The van der Waals surface area contributed by atoms with Crippen molar-refractivity contribution < 1.29 is 29.2 Å². The molecule has 0 saturated heterocycles. The minimum atomic E-state index is -0.745. The summed E-state index contributed by atoms with van der Waals surface area (Å²) in [6, 6.07) is 39.2. The molecule has 6 nitrogen and oxygen atoms in total. The topological polar surface area (TPSA) is 77.4 Å². The Labute approximate surface area is 236 Å². The molecule has 4 atom stereocenters. The van der Waals surface area contributed by atoms with Crippen LogP contribution in [0.4, 0.5) is 0 Å². The van der Waals surface area contributed by atoms with Crippen LogP contribution in [0.15, 0.2) is 121 Å². The van der Waals surface area contributed by atoms with Crippen LogP contribution in [0.3, 0.4) is 0 Å². The Hall–Kier alpha value is -3.36. The summed E-state index contributed by atoms with van der Waals surface area (Å²) in [6.07, 6.45) is -2.96. The highest BCUT2D eigenvalue weighted by Gasteiger charge is 2.38. The fourth-order valence-corrected chi connectivity index (χ4v) is 4.42. The third-order valence-corrected chi connectivity index (χ3v) is 6.60. The van der Waals surface area contributed by atoms with Gasteiger partial charge in [0.25, 0.3) is 0 Å². The van der Waals surface area contributed by atoms with Gasteiger partial charge >= 0.3 is 0 Å². The highest BCUT2D eigenvalue weighted by molar-refractivity contribution is 5.16. The summed E-state index contributed by atoms with van der Waals surface area (Å²) in [5.74, 6) is 0. The largest absolute Gasteiger partial charge is 0.394 e. The average molecular weight is 543 g/mol. The highest BCUT2D eigenvalue weighted by atomic mass is 16.6. The molecular formula is C34H38O6. The smallest absolute Gasteiger partial charge is 0.115 e. The summed E-state index contributed by atoms with van der Waals surface area (Å²) < 4.78 is 25.4. The zero-order valence-electron chi connectivity index (χ0n) is 22.6. The fourth-order valence-electron chi connectivity index (χ4n) is 4.42. The van der Waals surface area contributed by atoms with E-state index in [0.29, 0.717) is 0 Å². The molecule has 40 heavy (non-hydrogen) atoms. The van der Waals surface area contributed by atoms with Crippen LogP contribution >= 0.6 is 0 Å². The van der Waals surface area contributed by atoms with Gasteiger partial charge in [-0.2, -0.15) is 0 Å². The molecule has 0 saturated carbocycles. The lowest BCUT2D eigenvalue weighted by Crippen LogP contribution is -2.51. The highest BCUT2D eigenvalue weighted by Crippen LogP contribution is 2.23. The molecular weight excluding hydrogens is 504 g/mol. The molecule has 0 aromatic heterocycles. The summed E-state index contributed by atoms with van der Waals surface area (Å²) in [5, 5.41) is 21.0. The van der Waals surface area contributed by atoms with Crippen molar-refractivity contribution in [1.29, 1.82) is 0 Å². The number of ether oxygens (including phenoxy) is 4. The molecule has 4 rings (SSSR count). The predicted octanol–water partition coefficient (Wildman–Crippen LogP) is 5.31. The van der Waals surface area contributed by atoms with Crippen molar-refractivity contribution >= 4 is 0 Å². The summed E-state index contributed by atoms with van der Waals surface area (Å²) >= 11 is 0. The van der Waals surface area contributed by atoms with E-state index in [2.05, 4.69) is 0 Å². The number of hydrogen-bond acceptors (Lipinski definition) is 6. The van der Waals surface area contributed by atoms with E-state index in [9.17, 15) is 10.2 Å². The molecule has 0 fully saturated rings. The van der Waals surface area contributed by atoms with Crippen LogP contribution in [0.1, 0.15) is 22.3 Å². The Morgan fingerprint density at radius 2 is 0.625 bits per heavy atom. The lowest BCUT2D eigenvalue weighted by molar-refractivity contribution is -0.201. The maximum Gasteiger partial charge on any atom is 0.115 e. The van der Waals surface area contributed by atoms with E-state index < -0.39 is 24.4 Å². The van der Waals surface area contributed by atoms with Crippen molar-refractivity contribution in [1.82, 2.24) is 0 Å². The van der Waals surface area contributed by atoms with Crippen molar-refractivity contribution in [3.63, 3.8) is 0 Å². The minimum absolute atomic E-state index is 0.277. The van der Waals surface area contributed by atoms with Crippen LogP contribution in [0.5, 0.6) is 0 Å². The first-order valence-corrected chi connectivity index (χ1v) is 13.6. The number of hydrogen-bond donors (Lipinski definition) is 2. The van der Waals surface area contributed by atoms with Gasteiger partial charge in [0.2, 0.25) is 0 Å². The number of rotatable bonds is 17. The summed E-state index contributed by atoms with van der Waals surface area (Å²) in [6.45, 7) is 0.536.